The number of nitrogens with zero attached hydrogens (tertiary/aromatic N) is 4. The molecular formula is C19H18ClN5. The third-order valence-corrected chi connectivity index (χ3v) is 5.56. The van der Waals surface area contributed by atoms with Crippen molar-refractivity contribution in [3.63, 3.8) is 0 Å². The molecule has 1 atom stereocenters. The van der Waals surface area contributed by atoms with Gasteiger partial charge in [-0.3, -0.25) is 14.9 Å². The number of aromatic nitrogens is 4. The summed E-state index contributed by atoms with van der Waals surface area (Å²) in [6.07, 6.45) is 6.67. The largest absolute Gasteiger partial charge is 0.342 e. The lowest BCUT2D eigenvalue weighted by atomic mass is 9.95. The zero-order valence-electron chi connectivity index (χ0n) is 13.7. The first-order valence-corrected chi connectivity index (χ1v) is 9.01. The number of fused-ring (bicyclic) bond motifs is 2. The maximum absolute atomic E-state index is 6.32. The predicted molar refractivity (Wildman–Crippen MR) is 96.1 cm³/mol. The molecule has 126 valence electrons. The maximum atomic E-state index is 6.32. The van der Waals surface area contributed by atoms with E-state index < -0.39 is 0 Å². The number of halogens is 1. The molecule has 6 heteroatoms. The minimum atomic E-state index is 0.503. The van der Waals surface area contributed by atoms with Crippen LogP contribution in [0.25, 0.3) is 11.4 Å². The number of H-pyrrole nitrogens is 1. The van der Waals surface area contributed by atoms with E-state index in [0.717, 1.165) is 60.2 Å². The second-order valence-electron chi connectivity index (χ2n) is 6.74. The molecule has 0 radical (unpaired) electrons. The van der Waals surface area contributed by atoms with E-state index in [9.17, 15) is 0 Å². The van der Waals surface area contributed by atoms with Crippen molar-refractivity contribution in [2.75, 3.05) is 0 Å². The van der Waals surface area contributed by atoms with Crippen LogP contribution < -0.4 is 0 Å². The summed E-state index contributed by atoms with van der Waals surface area (Å²) in [5.41, 5.74) is 5.63. The van der Waals surface area contributed by atoms with Crippen molar-refractivity contribution < 1.29 is 0 Å². The average molecular weight is 352 g/mol. The first kappa shape index (κ1) is 15.0. The molecule has 1 unspecified atom stereocenters. The van der Waals surface area contributed by atoms with Crippen LogP contribution in [0, 0.1) is 0 Å². The summed E-state index contributed by atoms with van der Waals surface area (Å²) in [6, 6.07) is 8.36. The van der Waals surface area contributed by atoms with E-state index in [1.54, 1.807) is 12.4 Å². The normalized spacial score (nSPS) is 19.6. The second-order valence-corrected chi connectivity index (χ2v) is 7.15. The Balaban J connectivity index is 1.38. The molecule has 1 N–H and O–H groups in total. The fourth-order valence-corrected chi connectivity index (χ4v) is 4.14. The lowest BCUT2D eigenvalue weighted by Crippen LogP contribution is -2.35. The molecule has 0 bridgehead atoms. The van der Waals surface area contributed by atoms with Crippen LogP contribution in [0.1, 0.15) is 29.2 Å². The van der Waals surface area contributed by atoms with Gasteiger partial charge in [-0.25, -0.2) is 4.98 Å². The third kappa shape index (κ3) is 2.64. The Bertz CT molecular complexity index is 910. The van der Waals surface area contributed by atoms with Crippen molar-refractivity contribution in [2.45, 2.75) is 38.4 Å². The number of hydrogen-bond donors (Lipinski definition) is 1. The molecule has 1 aromatic carbocycles. The van der Waals surface area contributed by atoms with Gasteiger partial charge in [0.1, 0.15) is 5.82 Å². The molecule has 0 amide bonds. The average Bonchev–Trinajstić information content (AvgIpc) is 3.25. The Kier molecular flexibility index (Phi) is 3.57. The zero-order chi connectivity index (χ0) is 16.8. The number of nitrogens with one attached hydrogen (secondary N) is 1. The van der Waals surface area contributed by atoms with Crippen molar-refractivity contribution in [1.82, 2.24) is 24.8 Å². The van der Waals surface area contributed by atoms with Crippen molar-refractivity contribution >= 4 is 11.6 Å². The molecule has 2 aliphatic rings. The van der Waals surface area contributed by atoms with Crippen molar-refractivity contribution in [3.8, 4) is 11.4 Å². The number of hydrogen-bond acceptors (Lipinski definition) is 4. The van der Waals surface area contributed by atoms with Crippen LogP contribution in [0.3, 0.4) is 0 Å². The van der Waals surface area contributed by atoms with Gasteiger partial charge in [-0.15, -0.1) is 0 Å². The van der Waals surface area contributed by atoms with Crippen LogP contribution in [0.4, 0.5) is 0 Å². The predicted octanol–water partition coefficient (Wildman–Crippen LogP) is 3.39. The summed E-state index contributed by atoms with van der Waals surface area (Å²) >= 11 is 6.32. The molecule has 5 nitrogen and oxygen atoms in total. The summed E-state index contributed by atoms with van der Waals surface area (Å²) in [5.74, 6) is 0.879. The van der Waals surface area contributed by atoms with Crippen LogP contribution in [-0.4, -0.2) is 30.9 Å². The molecule has 0 saturated heterocycles. The Morgan fingerprint density at radius 3 is 2.56 bits per heavy atom. The summed E-state index contributed by atoms with van der Waals surface area (Å²) in [5, 5.41) is 0.734. The van der Waals surface area contributed by atoms with Crippen LogP contribution in [-0.2, 0) is 25.9 Å². The lowest BCUT2D eigenvalue weighted by Gasteiger charge is -2.29. The van der Waals surface area contributed by atoms with Crippen LogP contribution >= 0.6 is 11.6 Å². The van der Waals surface area contributed by atoms with E-state index >= 15 is 0 Å². The number of imidazole rings is 1. The number of benzene rings is 1. The molecule has 25 heavy (non-hydrogen) atoms. The Hall–Kier alpha value is -2.24. The van der Waals surface area contributed by atoms with Gasteiger partial charge in [0.25, 0.3) is 0 Å². The van der Waals surface area contributed by atoms with Gasteiger partial charge >= 0.3 is 0 Å². The van der Waals surface area contributed by atoms with Gasteiger partial charge in [-0.2, -0.15) is 0 Å². The highest BCUT2D eigenvalue weighted by Gasteiger charge is 2.31. The van der Waals surface area contributed by atoms with Crippen molar-refractivity contribution in [1.29, 1.82) is 0 Å². The number of aromatic amines is 1. The van der Waals surface area contributed by atoms with Crippen molar-refractivity contribution in [2.24, 2.45) is 0 Å². The van der Waals surface area contributed by atoms with Gasteiger partial charge in [0.2, 0.25) is 0 Å². The molecule has 5 rings (SSSR count). The van der Waals surface area contributed by atoms with Gasteiger partial charge in [0.15, 0.2) is 0 Å². The summed E-state index contributed by atoms with van der Waals surface area (Å²) in [7, 11) is 0. The van der Waals surface area contributed by atoms with E-state index in [1.165, 1.54) is 11.4 Å². The number of rotatable bonds is 2. The Morgan fingerprint density at radius 2 is 1.80 bits per heavy atom. The fourth-order valence-electron chi connectivity index (χ4n) is 3.91. The Morgan fingerprint density at radius 1 is 1.04 bits per heavy atom. The molecule has 0 fully saturated rings. The van der Waals surface area contributed by atoms with E-state index in [2.05, 4.69) is 19.9 Å². The van der Waals surface area contributed by atoms with Crippen LogP contribution in [0.5, 0.6) is 0 Å². The highest BCUT2D eigenvalue weighted by Crippen LogP contribution is 2.32. The monoisotopic (exact) mass is 351 g/mol. The molecule has 3 heterocycles. The van der Waals surface area contributed by atoms with Gasteiger partial charge in [-0.1, -0.05) is 23.7 Å². The van der Waals surface area contributed by atoms with Crippen molar-refractivity contribution in [3.05, 3.63) is 64.5 Å². The van der Waals surface area contributed by atoms with Crippen LogP contribution in [0.2, 0.25) is 5.02 Å². The smallest absolute Gasteiger partial charge is 0.139 e. The third-order valence-electron chi connectivity index (χ3n) is 5.23. The SMILES string of the molecule is Clc1ccccc1-c1nc2c([nH]1)CC(N1Cc3nccnc3C1)CC2. The van der Waals surface area contributed by atoms with Gasteiger partial charge in [0, 0.05) is 49.2 Å². The quantitative estimate of drug-likeness (QED) is 0.768. The molecular weight excluding hydrogens is 334 g/mol. The highest BCUT2D eigenvalue weighted by molar-refractivity contribution is 6.33. The van der Waals surface area contributed by atoms with E-state index in [1.807, 2.05) is 24.3 Å². The van der Waals surface area contributed by atoms with Crippen LogP contribution in [0.15, 0.2) is 36.7 Å². The molecule has 1 aliphatic carbocycles. The second kappa shape index (κ2) is 5.93. The highest BCUT2D eigenvalue weighted by atomic mass is 35.5. The molecule has 3 aromatic rings. The molecule has 2 aromatic heterocycles. The molecule has 0 spiro atoms. The maximum Gasteiger partial charge on any atom is 0.139 e. The topological polar surface area (TPSA) is 57.7 Å². The zero-order valence-corrected chi connectivity index (χ0v) is 14.5. The number of aryl methyl sites for hydroxylation is 1. The summed E-state index contributed by atoms with van der Waals surface area (Å²) in [4.78, 5) is 19.7. The Labute approximate surface area is 151 Å². The standard InChI is InChI=1S/C19H18ClN5/c20-14-4-2-1-3-13(14)19-23-15-6-5-12(9-16(15)24-19)25-10-17-18(11-25)22-8-7-21-17/h1-4,7-8,12H,5-6,9-11H2,(H,23,24). The molecule has 1 aliphatic heterocycles. The summed E-state index contributed by atoms with van der Waals surface area (Å²) < 4.78 is 0. The first-order valence-electron chi connectivity index (χ1n) is 8.63. The summed E-state index contributed by atoms with van der Waals surface area (Å²) in [6.45, 7) is 1.80. The van der Waals surface area contributed by atoms with Gasteiger partial charge in [-0.05, 0) is 25.0 Å². The van der Waals surface area contributed by atoms with E-state index in [-0.39, 0.29) is 0 Å². The van der Waals surface area contributed by atoms with Gasteiger partial charge in [0.05, 0.1) is 22.1 Å². The first-order chi connectivity index (χ1) is 12.3. The fraction of sp³-hybridized carbons (Fsp3) is 0.316. The minimum Gasteiger partial charge on any atom is -0.342 e. The lowest BCUT2D eigenvalue weighted by molar-refractivity contribution is 0.178. The van der Waals surface area contributed by atoms with E-state index in [4.69, 9.17) is 16.6 Å². The molecule has 0 saturated carbocycles. The van der Waals surface area contributed by atoms with Gasteiger partial charge < -0.3 is 4.98 Å². The minimum absolute atomic E-state index is 0.503. The van der Waals surface area contributed by atoms with E-state index in [0.29, 0.717) is 6.04 Å².